The highest BCUT2D eigenvalue weighted by molar-refractivity contribution is 5.49. The minimum atomic E-state index is 0.375. The first-order valence-corrected chi connectivity index (χ1v) is 5.61. The van der Waals surface area contributed by atoms with Crippen LogP contribution in [-0.4, -0.2) is 12.1 Å². The summed E-state index contributed by atoms with van der Waals surface area (Å²) in [6.45, 7) is 1.87. The molecule has 0 bridgehead atoms. The Morgan fingerprint density at radius 1 is 1.21 bits per heavy atom. The van der Waals surface area contributed by atoms with E-state index < -0.39 is 0 Å². The van der Waals surface area contributed by atoms with Crippen LogP contribution in [-0.2, 0) is 0 Å². The topological polar surface area (TPSA) is 81.2 Å². The van der Waals surface area contributed by atoms with Gasteiger partial charge in [-0.05, 0) is 24.6 Å². The molecule has 1 aromatic carbocycles. The number of pyridine rings is 1. The molecule has 0 saturated heterocycles. The Balaban J connectivity index is 2.32. The molecule has 19 heavy (non-hydrogen) atoms. The van der Waals surface area contributed by atoms with Gasteiger partial charge in [0.15, 0.2) is 0 Å². The highest BCUT2D eigenvalue weighted by Crippen LogP contribution is 2.27. The first-order valence-electron chi connectivity index (χ1n) is 5.61. The van der Waals surface area contributed by atoms with Crippen LogP contribution in [0.15, 0.2) is 30.5 Å². The van der Waals surface area contributed by atoms with E-state index in [9.17, 15) is 0 Å². The summed E-state index contributed by atoms with van der Waals surface area (Å²) < 4.78 is 10.7. The number of nitrogen functional groups attached to an aromatic ring is 1. The van der Waals surface area contributed by atoms with Crippen molar-refractivity contribution in [3.05, 3.63) is 41.6 Å². The first kappa shape index (κ1) is 12.7. The molecule has 96 valence electrons. The molecule has 2 aromatic rings. The zero-order valence-corrected chi connectivity index (χ0v) is 10.7. The fourth-order valence-corrected chi connectivity index (χ4v) is 1.51. The number of hydrogen-bond acceptors (Lipinski definition) is 5. The summed E-state index contributed by atoms with van der Waals surface area (Å²) in [6, 6.07) is 8.60. The maximum atomic E-state index is 8.93. The minimum Gasteiger partial charge on any atom is -0.497 e. The Morgan fingerprint density at radius 2 is 1.95 bits per heavy atom. The second kappa shape index (κ2) is 5.27. The van der Waals surface area contributed by atoms with Gasteiger partial charge in [0.2, 0.25) is 5.88 Å². The van der Waals surface area contributed by atoms with Gasteiger partial charge in [0.1, 0.15) is 11.5 Å². The van der Waals surface area contributed by atoms with E-state index in [-0.39, 0.29) is 0 Å². The van der Waals surface area contributed by atoms with Crippen molar-refractivity contribution in [2.24, 2.45) is 0 Å². The van der Waals surface area contributed by atoms with Gasteiger partial charge in [0.25, 0.3) is 0 Å². The molecule has 0 aliphatic carbocycles. The molecule has 0 saturated carbocycles. The van der Waals surface area contributed by atoms with Gasteiger partial charge in [0, 0.05) is 24.0 Å². The van der Waals surface area contributed by atoms with E-state index >= 15 is 0 Å². The molecule has 0 aliphatic heterocycles. The van der Waals surface area contributed by atoms with Crippen molar-refractivity contribution in [2.75, 3.05) is 12.8 Å². The number of aryl methyl sites for hydroxylation is 1. The third-order valence-corrected chi connectivity index (χ3v) is 2.59. The van der Waals surface area contributed by atoms with Crippen molar-refractivity contribution >= 4 is 5.69 Å². The Hall–Kier alpha value is -2.74. The third kappa shape index (κ3) is 2.93. The number of hydrogen-bond donors (Lipinski definition) is 1. The smallest absolute Gasteiger partial charge is 0.221 e. The number of benzene rings is 1. The van der Waals surface area contributed by atoms with E-state index in [0.717, 1.165) is 5.56 Å². The van der Waals surface area contributed by atoms with E-state index in [1.54, 1.807) is 30.5 Å². The van der Waals surface area contributed by atoms with E-state index in [2.05, 4.69) is 4.98 Å². The highest BCUT2D eigenvalue weighted by atomic mass is 16.5. The summed E-state index contributed by atoms with van der Waals surface area (Å²) in [7, 11) is 1.53. The number of ether oxygens (including phenoxy) is 2. The lowest BCUT2D eigenvalue weighted by Gasteiger charge is -2.08. The number of nitriles is 1. The molecule has 2 rings (SSSR count). The van der Waals surface area contributed by atoms with Gasteiger partial charge < -0.3 is 15.2 Å². The van der Waals surface area contributed by atoms with E-state index in [1.165, 1.54) is 7.11 Å². The van der Waals surface area contributed by atoms with E-state index in [1.807, 2.05) is 13.0 Å². The van der Waals surface area contributed by atoms with Gasteiger partial charge in [-0.15, -0.1) is 0 Å². The summed E-state index contributed by atoms with van der Waals surface area (Å²) >= 11 is 0. The normalized spacial score (nSPS) is 9.74. The summed E-state index contributed by atoms with van der Waals surface area (Å²) in [6.07, 6.45) is 1.63. The fraction of sp³-hybridized carbons (Fsp3) is 0.143. The van der Waals surface area contributed by atoms with E-state index in [4.69, 9.17) is 20.5 Å². The molecule has 2 N–H and O–H groups in total. The lowest BCUT2D eigenvalue weighted by molar-refractivity contribution is 0.407. The lowest BCUT2D eigenvalue weighted by Crippen LogP contribution is -1.95. The molecule has 0 atom stereocenters. The lowest BCUT2D eigenvalue weighted by atomic mass is 10.2. The molecule has 0 radical (unpaired) electrons. The van der Waals surface area contributed by atoms with Crippen LogP contribution in [0.5, 0.6) is 17.4 Å². The quantitative estimate of drug-likeness (QED) is 0.911. The zero-order chi connectivity index (χ0) is 13.8. The molecule has 1 heterocycles. The van der Waals surface area contributed by atoms with Crippen molar-refractivity contribution in [3.63, 3.8) is 0 Å². The van der Waals surface area contributed by atoms with Crippen LogP contribution in [0.1, 0.15) is 11.1 Å². The van der Waals surface area contributed by atoms with Crippen molar-refractivity contribution in [1.29, 1.82) is 5.26 Å². The predicted octanol–water partition coefficient (Wildman–Crippen LogP) is 2.64. The Bertz CT molecular complexity index is 648. The van der Waals surface area contributed by atoms with Gasteiger partial charge in [-0.2, -0.15) is 5.26 Å². The molecule has 0 fully saturated rings. The van der Waals surface area contributed by atoms with Crippen LogP contribution < -0.4 is 15.2 Å². The molecule has 0 amide bonds. The molecule has 1 aromatic heterocycles. The number of nitrogens with zero attached hydrogens (tertiary/aromatic N) is 2. The zero-order valence-electron chi connectivity index (χ0n) is 10.7. The number of rotatable bonds is 3. The number of methoxy groups -OCH3 is 1. The second-order valence-corrected chi connectivity index (χ2v) is 3.99. The molecular weight excluding hydrogens is 242 g/mol. The molecule has 5 heteroatoms. The maximum Gasteiger partial charge on any atom is 0.221 e. The van der Waals surface area contributed by atoms with Crippen LogP contribution in [0.25, 0.3) is 0 Å². The molecular formula is C14H13N3O2. The van der Waals surface area contributed by atoms with Crippen LogP contribution in [0, 0.1) is 18.3 Å². The third-order valence-electron chi connectivity index (χ3n) is 2.59. The van der Waals surface area contributed by atoms with Gasteiger partial charge in [0.05, 0.1) is 18.7 Å². The standard InChI is InChI=1S/C14H13N3O2/c1-9-8-17-14(6-13(9)16)19-12-4-10(7-15)3-11(5-12)18-2/h3-6,8H,1-2H3,(H2,16,17). The minimum absolute atomic E-state index is 0.375. The van der Waals surface area contributed by atoms with E-state index in [0.29, 0.717) is 28.6 Å². The molecule has 0 spiro atoms. The van der Waals surface area contributed by atoms with Gasteiger partial charge in [-0.1, -0.05) is 0 Å². The average molecular weight is 255 g/mol. The number of aromatic nitrogens is 1. The summed E-state index contributed by atoms with van der Waals surface area (Å²) in [5, 5.41) is 8.93. The van der Waals surface area contributed by atoms with Gasteiger partial charge in [-0.25, -0.2) is 4.98 Å². The van der Waals surface area contributed by atoms with Crippen LogP contribution in [0.2, 0.25) is 0 Å². The Morgan fingerprint density at radius 3 is 2.58 bits per heavy atom. The molecule has 5 nitrogen and oxygen atoms in total. The SMILES string of the molecule is COc1cc(C#N)cc(Oc2cc(N)c(C)cn2)c1. The van der Waals surface area contributed by atoms with Gasteiger partial charge >= 0.3 is 0 Å². The predicted molar refractivity (Wildman–Crippen MR) is 71.2 cm³/mol. The summed E-state index contributed by atoms with van der Waals surface area (Å²) in [5.74, 6) is 1.40. The molecule has 0 unspecified atom stereocenters. The van der Waals surface area contributed by atoms with Crippen molar-refractivity contribution in [2.45, 2.75) is 6.92 Å². The number of anilines is 1. The average Bonchev–Trinajstić information content (AvgIpc) is 2.42. The maximum absolute atomic E-state index is 8.93. The van der Waals surface area contributed by atoms with Crippen molar-refractivity contribution < 1.29 is 9.47 Å². The Labute approximate surface area is 111 Å². The van der Waals surface area contributed by atoms with Crippen LogP contribution >= 0.6 is 0 Å². The monoisotopic (exact) mass is 255 g/mol. The fourth-order valence-electron chi connectivity index (χ4n) is 1.51. The van der Waals surface area contributed by atoms with Crippen molar-refractivity contribution in [3.8, 4) is 23.4 Å². The van der Waals surface area contributed by atoms with Gasteiger partial charge in [-0.3, -0.25) is 0 Å². The number of nitrogens with two attached hydrogens (primary N) is 1. The molecule has 0 aliphatic rings. The Kier molecular flexibility index (Phi) is 3.53. The van der Waals surface area contributed by atoms with Crippen LogP contribution in [0.4, 0.5) is 5.69 Å². The highest BCUT2D eigenvalue weighted by Gasteiger charge is 2.05. The van der Waals surface area contributed by atoms with Crippen LogP contribution in [0.3, 0.4) is 0 Å². The van der Waals surface area contributed by atoms with Crippen molar-refractivity contribution in [1.82, 2.24) is 4.98 Å². The largest absolute Gasteiger partial charge is 0.497 e. The first-order chi connectivity index (χ1) is 9.12. The second-order valence-electron chi connectivity index (χ2n) is 3.99. The summed E-state index contributed by atoms with van der Waals surface area (Å²) in [5.41, 5.74) is 7.73. The summed E-state index contributed by atoms with van der Waals surface area (Å²) in [4.78, 5) is 4.12.